The Bertz CT molecular complexity index is 541. The Balaban J connectivity index is 5.26. The fourth-order valence-corrected chi connectivity index (χ4v) is 2.36. The van der Waals surface area contributed by atoms with Crippen molar-refractivity contribution in [1.82, 2.24) is 16.0 Å². The monoisotopic (exact) mass is 406 g/mol. The molecule has 0 saturated carbocycles. The van der Waals surface area contributed by atoms with E-state index >= 15 is 0 Å². The smallest absolute Gasteiger partial charge is 0.327 e. The maximum Gasteiger partial charge on any atom is 0.327 e. The zero-order valence-corrected chi connectivity index (χ0v) is 16.8. The molecule has 0 bridgehead atoms. The van der Waals surface area contributed by atoms with Crippen molar-refractivity contribution in [2.75, 3.05) is 5.75 Å². The van der Waals surface area contributed by atoms with Crippen molar-refractivity contribution >= 4 is 36.3 Å². The summed E-state index contributed by atoms with van der Waals surface area (Å²) in [6.45, 7) is 6.44. The molecule has 7 N–H and O–H groups in total. The number of carbonyl (C=O) groups is 4. The van der Waals surface area contributed by atoms with E-state index in [1.54, 1.807) is 0 Å². The Hall–Kier alpha value is -1.85. The molecule has 156 valence electrons. The molecule has 27 heavy (non-hydrogen) atoms. The summed E-state index contributed by atoms with van der Waals surface area (Å²) in [6, 6.07) is -4.46. The lowest BCUT2D eigenvalue weighted by molar-refractivity contribution is -0.142. The first-order valence-electron chi connectivity index (χ1n) is 8.59. The van der Waals surface area contributed by atoms with E-state index in [1.165, 1.54) is 13.8 Å². The van der Waals surface area contributed by atoms with Gasteiger partial charge in [-0.2, -0.15) is 12.6 Å². The number of amides is 3. The second-order valence-corrected chi connectivity index (χ2v) is 7.15. The number of aliphatic hydroxyl groups is 1. The summed E-state index contributed by atoms with van der Waals surface area (Å²) in [6.07, 6.45) is -1.01. The van der Waals surface area contributed by atoms with Gasteiger partial charge in [0.05, 0.1) is 12.1 Å². The maximum atomic E-state index is 12.6. The van der Waals surface area contributed by atoms with Crippen LogP contribution in [0.1, 0.15) is 34.1 Å². The van der Waals surface area contributed by atoms with E-state index in [1.807, 2.05) is 13.8 Å². The summed E-state index contributed by atoms with van der Waals surface area (Å²) in [4.78, 5) is 47.7. The Morgan fingerprint density at radius 2 is 1.44 bits per heavy atom. The van der Waals surface area contributed by atoms with Gasteiger partial charge in [0.1, 0.15) is 18.1 Å². The molecule has 3 amide bonds. The van der Waals surface area contributed by atoms with Crippen LogP contribution >= 0.6 is 12.6 Å². The topological polar surface area (TPSA) is 171 Å². The van der Waals surface area contributed by atoms with E-state index in [2.05, 4.69) is 28.6 Å². The highest BCUT2D eigenvalue weighted by Gasteiger charge is 2.32. The van der Waals surface area contributed by atoms with Crippen LogP contribution in [0.4, 0.5) is 0 Å². The highest BCUT2D eigenvalue weighted by Crippen LogP contribution is 2.07. The molecule has 0 radical (unpaired) electrons. The first-order chi connectivity index (χ1) is 12.4. The van der Waals surface area contributed by atoms with Crippen molar-refractivity contribution in [2.45, 2.75) is 64.4 Å². The van der Waals surface area contributed by atoms with E-state index in [4.69, 9.17) is 10.8 Å². The molecule has 0 aliphatic rings. The minimum atomic E-state index is -1.40. The molecule has 0 aromatic heterocycles. The Labute approximate surface area is 164 Å². The summed E-state index contributed by atoms with van der Waals surface area (Å²) in [7, 11) is 0. The lowest BCUT2D eigenvalue weighted by atomic mass is 10.0. The molecule has 0 aliphatic heterocycles. The summed E-state index contributed by atoms with van der Waals surface area (Å²) < 4.78 is 0. The van der Waals surface area contributed by atoms with Gasteiger partial charge < -0.3 is 31.9 Å². The van der Waals surface area contributed by atoms with Crippen molar-refractivity contribution in [3.63, 3.8) is 0 Å². The van der Waals surface area contributed by atoms with E-state index < -0.39 is 54.0 Å². The molecule has 11 heteroatoms. The van der Waals surface area contributed by atoms with Crippen LogP contribution in [0.25, 0.3) is 0 Å². The summed E-state index contributed by atoms with van der Waals surface area (Å²) in [5.74, 6) is -3.50. The largest absolute Gasteiger partial charge is 0.480 e. The second-order valence-electron chi connectivity index (χ2n) is 6.79. The number of nitrogens with two attached hydrogens (primary N) is 1. The van der Waals surface area contributed by atoms with Crippen molar-refractivity contribution in [2.24, 2.45) is 11.7 Å². The van der Waals surface area contributed by atoms with Crippen LogP contribution in [-0.4, -0.2) is 69.9 Å². The molecule has 5 atom stereocenters. The Morgan fingerprint density at radius 1 is 0.926 bits per heavy atom. The summed E-state index contributed by atoms with van der Waals surface area (Å²) >= 11 is 3.84. The van der Waals surface area contributed by atoms with Gasteiger partial charge in [-0.05, 0) is 26.2 Å². The zero-order valence-electron chi connectivity index (χ0n) is 15.9. The molecule has 10 nitrogen and oxygen atoms in total. The molecular formula is C16H30N4O6S. The average molecular weight is 407 g/mol. The van der Waals surface area contributed by atoms with Crippen molar-refractivity contribution in [1.29, 1.82) is 0 Å². The predicted molar refractivity (Wildman–Crippen MR) is 102 cm³/mol. The van der Waals surface area contributed by atoms with Crippen LogP contribution in [0.5, 0.6) is 0 Å². The third kappa shape index (κ3) is 9.07. The molecule has 0 saturated heterocycles. The van der Waals surface area contributed by atoms with Crippen molar-refractivity contribution in [3.8, 4) is 0 Å². The number of carboxylic acids is 1. The molecular weight excluding hydrogens is 376 g/mol. The van der Waals surface area contributed by atoms with Gasteiger partial charge in [0.2, 0.25) is 17.7 Å². The number of carboxylic acid groups (broad SMARTS) is 1. The Kier molecular flexibility index (Phi) is 11.0. The zero-order chi connectivity index (χ0) is 21.3. The van der Waals surface area contributed by atoms with Gasteiger partial charge in [0.25, 0.3) is 0 Å². The van der Waals surface area contributed by atoms with Crippen molar-refractivity contribution in [3.05, 3.63) is 0 Å². The Morgan fingerprint density at radius 3 is 1.81 bits per heavy atom. The summed E-state index contributed by atoms with van der Waals surface area (Å²) in [5.41, 5.74) is 5.50. The van der Waals surface area contributed by atoms with Gasteiger partial charge in [0.15, 0.2) is 0 Å². The van der Waals surface area contributed by atoms with Gasteiger partial charge in [-0.3, -0.25) is 14.4 Å². The molecule has 5 unspecified atom stereocenters. The number of thiol groups is 1. The molecule has 0 heterocycles. The molecule has 0 aliphatic carbocycles. The number of aliphatic hydroxyl groups excluding tert-OH is 1. The standard InChI is InChI=1S/C16H30N4O6S/c1-7(2)5-10(18-13(22)8(3)17)14(23)20-12(9(4)21)15(24)19-11(6-27)16(25)26/h7-12,21,27H,5-6,17H2,1-4H3,(H,18,22)(H,19,24)(H,20,23)(H,25,26). The van der Waals surface area contributed by atoms with E-state index in [0.29, 0.717) is 0 Å². The van der Waals surface area contributed by atoms with Gasteiger partial charge in [-0.15, -0.1) is 0 Å². The number of hydrogen-bond acceptors (Lipinski definition) is 7. The first kappa shape index (κ1) is 25.1. The lowest BCUT2D eigenvalue weighted by Gasteiger charge is -2.26. The molecule has 0 aromatic rings. The second kappa shape index (κ2) is 11.8. The number of nitrogens with one attached hydrogen (secondary N) is 3. The fourth-order valence-electron chi connectivity index (χ4n) is 2.11. The number of hydrogen-bond donors (Lipinski definition) is 7. The van der Waals surface area contributed by atoms with E-state index in [9.17, 15) is 24.3 Å². The normalized spacial score (nSPS) is 16.6. The van der Waals surface area contributed by atoms with Crippen LogP contribution in [0.3, 0.4) is 0 Å². The SMILES string of the molecule is CC(C)CC(NC(=O)C(C)N)C(=O)NC(C(=O)NC(CS)C(=O)O)C(C)O. The van der Waals surface area contributed by atoms with Crippen LogP contribution in [0.15, 0.2) is 0 Å². The number of rotatable bonds is 11. The lowest BCUT2D eigenvalue weighted by Crippen LogP contribution is -2.60. The predicted octanol–water partition coefficient (Wildman–Crippen LogP) is -1.77. The van der Waals surface area contributed by atoms with E-state index in [0.717, 1.165) is 0 Å². The highest BCUT2D eigenvalue weighted by atomic mass is 32.1. The highest BCUT2D eigenvalue weighted by molar-refractivity contribution is 7.80. The van der Waals surface area contributed by atoms with Crippen LogP contribution < -0.4 is 21.7 Å². The maximum absolute atomic E-state index is 12.6. The fraction of sp³-hybridized carbons (Fsp3) is 0.750. The number of carbonyl (C=O) groups excluding carboxylic acids is 3. The quantitative estimate of drug-likeness (QED) is 0.199. The van der Waals surface area contributed by atoms with Gasteiger partial charge in [-0.1, -0.05) is 13.8 Å². The molecule has 0 fully saturated rings. The first-order valence-corrected chi connectivity index (χ1v) is 9.22. The molecule has 0 rings (SSSR count). The number of aliphatic carboxylic acids is 1. The van der Waals surface area contributed by atoms with Crippen LogP contribution in [0.2, 0.25) is 0 Å². The van der Waals surface area contributed by atoms with Crippen LogP contribution in [-0.2, 0) is 19.2 Å². The van der Waals surface area contributed by atoms with Gasteiger partial charge >= 0.3 is 5.97 Å². The van der Waals surface area contributed by atoms with E-state index in [-0.39, 0.29) is 18.1 Å². The third-order valence-corrected chi connectivity index (χ3v) is 3.98. The van der Waals surface area contributed by atoms with Crippen LogP contribution in [0, 0.1) is 5.92 Å². The van der Waals surface area contributed by atoms with Crippen molar-refractivity contribution < 1.29 is 29.4 Å². The molecule has 0 spiro atoms. The van der Waals surface area contributed by atoms with Gasteiger partial charge in [0, 0.05) is 5.75 Å². The minimum Gasteiger partial charge on any atom is -0.480 e. The van der Waals surface area contributed by atoms with Gasteiger partial charge in [-0.25, -0.2) is 4.79 Å². The third-order valence-electron chi connectivity index (χ3n) is 3.61. The molecule has 0 aromatic carbocycles. The average Bonchev–Trinajstić information content (AvgIpc) is 2.55. The summed E-state index contributed by atoms with van der Waals surface area (Å²) in [5, 5.41) is 25.9. The minimum absolute atomic E-state index is 0.0496.